The van der Waals surface area contributed by atoms with Gasteiger partial charge in [0.1, 0.15) is 5.76 Å². The number of amides is 1. The number of carbonyl (C=O) groups is 1. The molecule has 0 aliphatic heterocycles. The van der Waals surface area contributed by atoms with Gasteiger partial charge in [0.05, 0.1) is 5.56 Å². The minimum absolute atomic E-state index is 0. The molecule has 0 bridgehead atoms. The van der Waals surface area contributed by atoms with Crippen molar-refractivity contribution < 1.29 is 17.6 Å². The first kappa shape index (κ1) is 21.2. The molecule has 1 heterocycles. The first-order valence-electron chi connectivity index (χ1n) is 7.35. The predicted octanol–water partition coefficient (Wildman–Crippen LogP) is 1.69. The van der Waals surface area contributed by atoms with Gasteiger partial charge in [-0.25, -0.2) is 12.7 Å². The van der Waals surface area contributed by atoms with E-state index in [4.69, 9.17) is 10.2 Å². The van der Waals surface area contributed by atoms with E-state index in [2.05, 4.69) is 5.32 Å². The summed E-state index contributed by atoms with van der Waals surface area (Å²) in [4.78, 5) is 12.3. The van der Waals surface area contributed by atoms with Crippen molar-refractivity contribution in [2.75, 3.05) is 20.6 Å². The van der Waals surface area contributed by atoms with Crippen LogP contribution in [0.1, 0.15) is 27.7 Å². The van der Waals surface area contributed by atoms with E-state index in [1.54, 1.807) is 6.92 Å². The second-order valence-electron chi connectivity index (χ2n) is 5.55. The Hall–Kier alpha value is -1.87. The summed E-state index contributed by atoms with van der Waals surface area (Å²) >= 11 is 0. The van der Waals surface area contributed by atoms with Crippen LogP contribution in [-0.4, -0.2) is 39.3 Å². The van der Waals surface area contributed by atoms with Crippen LogP contribution in [0.15, 0.2) is 45.9 Å². The predicted molar refractivity (Wildman–Crippen MR) is 97.3 cm³/mol. The molecule has 138 valence electrons. The topological polar surface area (TPSA) is 106 Å². The van der Waals surface area contributed by atoms with Crippen molar-refractivity contribution in [2.24, 2.45) is 5.73 Å². The maximum Gasteiger partial charge on any atom is 0.275 e. The lowest BCUT2D eigenvalue weighted by molar-refractivity contribution is 0.0949. The quantitative estimate of drug-likeness (QED) is 0.784. The van der Waals surface area contributed by atoms with Crippen molar-refractivity contribution >= 4 is 28.3 Å². The van der Waals surface area contributed by atoms with Crippen LogP contribution < -0.4 is 11.1 Å². The van der Waals surface area contributed by atoms with Gasteiger partial charge in [0.15, 0.2) is 0 Å². The molecule has 25 heavy (non-hydrogen) atoms. The molecule has 3 N–H and O–H groups in total. The first-order chi connectivity index (χ1) is 11.2. The van der Waals surface area contributed by atoms with E-state index in [0.717, 1.165) is 9.87 Å². The Balaban J connectivity index is 0.00000312. The number of aryl methyl sites for hydroxylation is 1. The number of nitrogens with one attached hydrogen (secondary N) is 1. The van der Waals surface area contributed by atoms with Gasteiger partial charge < -0.3 is 15.5 Å². The van der Waals surface area contributed by atoms with Gasteiger partial charge in [0.25, 0.3) is 15.9 Å². The zero-order chi connectivity index (χ0) is 17.9. The summed E-state index contributed by atoms with van der Waals surface area (Å²) in [5, 5.41) is 2.44. The number of furan rings is 1. The third-order valence-electron chi connectivity index (χ3n) is 3.59. The lowest BCUT2D eigenvalue weighted by Gasteiger charge is -2.12. The molecule has 0 radical (unpaired) electrons. The van der Waals surface area contributed by atoms with Crippen molar-refractivity contribution in [3.05, 3.63) is 53.3 Å². The Morgan fingerprint density at radius 1 is 1.28 bits per heavy atom. The highest BCUT2D eigenvalue weighted by Gasteiger charge is 2.25. The lowest BCUT2D eigenvalue weighted by Crippen LogP contribution is -2.32. The fraction of sp³-hybridized carbons (Fsp3) is 0.312. The standard InChI is InChI=1S/C16H21N3O4S.ClH/c1-11-13(9-15(23-11)24(21,22)19(2)3)16(20)18-10-14(17)12-7-5-4-6-8-12;/h4-9,14H,10,17H2,1-3H3,(H,18,20);1H. The van der Waals surface area contributed by atoms with Gasteiger partial charge >= 0.3 is 0 Å². The van der Waals surface area contributed by atoms with Crippen LogP contribution in [0.5, 0.6) is 0 Å². The van der Waals surface area contributed by atoms with Gasteiger partial charge in [-0.15, -0.1) is 12.4 Å². The Kier molecular flexibility index (Phi) is 7.18. The molecule has 0 fully saturated rings. The molecule has 0 saturated heterocycles. The minimum Gasteiger partial charge on any atom is -0.448 e. The first-order valence-corrected chi connectivity index (χ1v) is 8.79. The summed E-state index contributed by atoms with van der Waals surface area (Å²) in [7, 11) is -0.935. The van der Waals surface area contributed by atoms with Crippen LogP contribution in [0.3, 0.4) is 0 Å². The number of halogens is 1. The molecule has 0 saturated carbocycles. The zero-order valence-corrected chi connectivity index (χ0v) is 15.9. The molecule has 9 heteroatoms. The molecular formula is C16H22ClN3O4S. The fourth-order valence-electron chi connectivity index (χ4n) is 2.10. The third kappa shape index (κ3) is 4.82. The summed E-state index contributed by atoms with van der Waals surface area (Å²) < 4.78 is 30.4. The molecule has 1 amide bonds. The van der Waals surface area contributed by atoms with Gasteiger partial charge in [-0.2, -0.15) is 0 Å². The number of rotatable bonds is 6. The normalized spacial score (nSPS) is 12.5. The van der Waals surface area contributed by atoms with E-state index in [-0.39, 0.29) is 41.4 Å². The molecule has 1 unspecified atom stereocenters. The van der Waals surface area contributed by atoms with E-state index < -0.39 is 15.9 Å². The number of hydrogen-bond donors (Lipinski definition) is 2. The molecule has 0 aliphatic carbocycles. The number of benzene rings is 1. The molecule has 0 spiro atoms. The monoisotopic (exact) mass is 387 g/mol. The van der Waals surface area contributed by atoms with Crippen molar-refractivity contribution in [3.63, 3.8) is 0 Å². The summed E-state index contributed by atoms with van der Waals surface area (Å²) in [6, 6.07) is 10.3. The van der Waals surface area contributed by atoms with Crippen LogP contribution in [0.2, 0.25) is 0 Å². The Labute approximate surface area is 153 Å². The smallest absolute Gasteiger partial charge is 0.275 e. The van der Waals surface area contributed by atoms with Crippen LogP contribution in [0.4, 0.5) is 0 Å². The maximum absolute atomic E-state index is 12.3. The lowest BCUT2D eigenvalue weighted by atomic mass is 10.1. The van der Waals surface area contributed by atoms with Crippen molar-refractivity contribution in [3.8, 4) is 0 Å². The van der Waals surface area contributed by atoms with E-state index in [0.29, 0.717) is 0 Å². The molecule has 1 aromatic carbocycles. The number of carbonyl (C=O) groups excluding carboxylic acids is 1. The third-order valence-corrected chi connectivity index (χ3v) is 5.26. The van der Waals surface area contributed by atoms with E-state index in [1.165, 1.54) is 20.2 Å². The number of sulfonamides is 1. The van der Waals surface area contributed by atoms with Crippen LogP contribution >= 0.6 is 12.4 Å². The van der Waals surface area contributed by atoms with Gasteiger partial charge in [0.2, 0.25) is 5.09 Å². The second kappa shape index (κ2) is 8.48. The highest BCUT2D eigenvalue weighted by atomic mass is 35.5. The highest BCUT2D eigenvalue weighted by molar-refractivity contribution is 7.88. The number of nitrogens with zero attached hydrogens (tertiary/aromatic N) is 1. The van der Waals surface area contributed by atoms with Crippen molar-refractivity contribution in [1.82, 2.24) is 9.62 Å². The second-order valence-corrected chi connectivity index (χ2v) is 7.63. The molecular weight excluding hydrogens is 366 g/mol. The maximum atomic E-state index is 12.3. The van der Waals surface area contributed by atoms with E-state index in [1.807, 2.05) is 30.3 Å². The molecule has 1 atom stereocenters. The SMILES string of the molecule is Cc1oc(S(=O)(=O)N(C)C)cc1C(=O)NCC(N)c1ccccc1.Cl. The average Bonchev–Trinajstić information content (AvgIpc) is 2.95. The van der Waals surface area contributed by atoms with Crippen LogP contribution in [0.25, 0.3) is 0 Å². The average molecular weight is 388 g/mol. The summed E-state index contributed by atoms with van der Waals surface area (Å²) in [6.07, 6.45) is 0. The number of nitrogens with two attached hydrogens (primary N) is 1. The highest BCUT2D eigenvalue weighted by Crippen LogP contribution is 2.21. The summed E-state index contributed by atoms with van der Waals surface area (Å²) in [5.41, 5.74) is 7.11. The summed E-state index contributed by atoms with van der Waals surface area (Å²) in [6.45, 7) is 1.77. The molecule has 2 rings (SSSR count). The minimum atomic E-state index is -3.72. The Morgan fingerprint density at radius 3 is 2.44 bits per heavy atom. The van der Waals surface area contributed by atoms with E-state index in [9.17, 15) is 13.2 Å². The van der Waals surface area contributed by atoms with Crippen molar-refractivity contribution in [2.45, 2.75) is 18.1 Å². The van der Waals surface area contributed by atoms with Gasteiger partial charge in [-0.1, -0.05) is 30.3 Å². The molecule has 2 aromatic rings. The largest absolute Gasteiger partial charge is 0.448 e. The van der Waals surface area contributed by atoms with Gasteiger partial charge in [0, 0.05) is 32.7 Å². The van der Waals surface area contributed by atoms with Crippen molar-refractivity contribution in [1.29, 1.82) is 0 Å². The van der Waals surface area contributed by atoms with Crippen LogP contribution in [0, 0.1) is 6.92 Å². The Morgan fingerprint density at radius 2 is 1.88 bits per heavy atom. The molecule has 0 aliphatic rings. The van der Waals surface area contributed by atoms with E-state index >= 15 is 0 Å². The fourth-order valence-corrected chi connectivity index (χ4v) is 2.96. The van der Waals surface area contributed by atoms with Gasteiger partial charge in [-0.05, 0) is 12.5 Å². The van der Waals surface area contributed by atoms with Gasteiger partial charge in [-0.3, -0.25) is 4.79 Å². The van der Waals surface area contributed by atoms with Crippen LogP contribution in [-0.2, 0) is 10.0 Å². The Bertz CT molecular complexity index is 819. The molecule has 7 nitrogen and oxygen atoms in total. The summed E-state index contributed by atoms with van der Waals surface area (Å²) in [5.74, 6) is -0.191. The molecule has 1 aromatic heterocycles. The zero-order valence-electron chi connectivity index (χ0n) is 14.2. The number of hydrogen-bond acceptors (Lipinski definition) is 5.